The number of carbonyl (C=O) groups is 1. The standard InChI is InChI=1S/C18H23N3O2S2/c1-4-10-21-17(23)15-12-8-6-5-7-9-13(12)25-16(15)19-18(21)24-11-14(22)20(2)3/h4H,1,5-11H2,2-3H3. The Labute approximate surface area is 155 Å². The predicted octanol–water partition coefficient (Wildman–Crippen LogP) is 3.09. The fourth-order valence-electron chi connectivity index (χ4n) is 3.05. The Bertz CT molecular complexity index is 867. The van der Waals surface area contributed by atoms with Gasteiger partial charge in [0, 0.05) is 25.5 Å². The molecule has 2 heterocycles. The van der Waals surface area contributed by atoms with E-state index in [0.717, 1.165) is 29.5 Å². The first-order chi connectivity index (χ1) is 12.0. The van der Waals surface area contributed by atoms with Gasteiger partial charge in [-0.3, -0.25) is 14.2 Å². The van der Waals surface area contributed by atoms with Crippen LogP contribution in [0.15, 0.2) is 22.6 Å². The summed E-state index contributed by atoms with van der Waals surface area (Å²) in [7, 11) is 3.46. The Morgan fingerprint density at radius 3 is 2.84 bits per heavy atom. The van der Waals surface area contributed by atoms with Gasteiger partial charge in [-0.1, -0.05) is 24.3 Å². The normalized spacial score (nSPS) is 14.2. The van der Waals surface area contributed by atoms with Crippen LogP contribution in [0.25, 0.3) is 10.2 Å². The number of hydrogen-bond acceptors (Lipinski definition) is 5. The minimum atomic E-state index is 0.00380. The van der Waals surface area contributed by atoms with Gasteiger partial charge in [0.05, 0.1) is 11.1 Å². The Morgan fingerprint density at radius 2 is 2.12 bits per heavy atom. The maximum absolute atomic E-state index is 13.1. The van der Waals surface area contributed by atoms with Gasteiger partial charge in [0.1, 0.15) is 4.83 Å². The molecule has 0 N–H and O–H groups in total. The van der Waals surface area contributed by atoms with Crippen molar-refractivity contribution in [2.24, 2.45) is 0 Å². The third-order valence-corrected chi connectivity index (χ3v) is 6.57. The molecule has 0 radical (unpaired) electrons. The van der Waals surface area contributed by atoms with Crippen LogP contribution in [0.1, 0.15) is 29.7 Å². The second-order valence-corrected chi connectivity index (χ2v) is 8.45. The van der Waals surface area contributed by atoms with Crippen LogP contribution in [0.5, 0.6) is 0 Å². The largest absolute Gasteiger partial charge is 0.348 e. The molecular formula is C18H23N3O2S2. The summed E-state index contributed by atoms with van der Waals surface area (Å²) in [5.41, 5.74) is 1.21. The van der Waals surface area contributed by atoms with Gasteiger partial charge in [0.25, 0.3) is 5.56 Å². The van der Waals surface area contributed by atoms with E-state index in [-0.39, 0.29) is 17.2 Å². The fraction of sp³-hybridized carbons (Fsp3) is 0.500. The lowest BCUT2D eigenvalue weighted by atomic mass is 10.1. The first-order valence-corrected chi connectivity index (χ1v) is 10.3. The molecule has 2 aromatic heterocycles. The van der Waals surface area contributed by atoms with Crippen LogP contribution in [0.4, 0.5) is 0 Å². The van der Waals surface area contributed by atoms with E-state index in [2.05, 4.69) is 6.58 Å². The molecule has 2 aromatic rings. The zero-order valence-electron chi connectivity index (χ0n) is 14.7. The van der Waals surface area contributed by atoms with E-state index in [1.165, 1.54) is 35.0 Å². The van der Waals surface area contributed by atoms with Crippen molar-refractivity contribution < 1.29 is 4.79 Å². The van der Waals surface area contributed by atoms with Crippen LogP contribution < -0.4 is 5.56 Å². The van der Waals surface area contributed by atoms with Crippen molar-refractivity contribution in [3.05, 3.63) is 33.4 Å². The number of aryl methyl sites for hydroxylation is 2. The Morgan fingerprint density at radius 1 is 1.36 bits per heavy atom. The van der Waals surface area contributed by atoms with Crippen LogP contribution in [-0.4, -0.2) is 40.2 Å². The average Bonchev–Trinajstić information content (AvgIpc) is 2.77. The quantitative estimate of drug-likeness (QED) is 0.348. The van der Waals surface area contributed by atoms with Crippen LogP contribution in [0.2, 0.25) is 0 Å². The van der Waals surface area contributed by atoms with Gasteiger partial charge in [-0.2, -0.15) is 0 Å². The summed E-state index contributed by atoms with van der Waals surface area (Å²) in [6.45, 7) is 4.17. The second kappa shape index (κ2) is 7.74. The highest BCUT2D eigenvalue weighted by molar-refractivity contribution is 7.99. The average molecular weight is 378 g/mol. The van der Waals surface area contributed by atoms with Crippen LogP contribution in [-0.2, 0) is 24.2 Å². The van der Waals surface area contributed by atoms with Crippen molar-refractivity contribution in [3.63, 3.8) is 0 Å². The molecule has 0 saturated carbocycles. The first-order valence-electron chi connectivity index (χ1n) is 8.52. The molecule has 0 bridgehead atoms. The molecular weight excluding hydrogens is 354 g/mol. The smallest absolute Gasteiger partial charge is 0.263 e. The third-order valence-electron chi connectivity index (χ3n) is 4.43. The number of aromatic nitrogens is 2. The Hall–Kier alpha value is -1.60. The van der Waals surface area contributed by atoms with Crippen LogP contribution >= 0.6 is 23.1 Å². The summed E-state index contributed by atoms with van der Waals surface area (Å²) >= 11 is 2.97. The van der Waals surface area contributed by atoms with Gasteiger partial charge in [-0.25, -0.2) is 4.98 Å². The number of allylic oxidation sites excluding steroid dienone is 1. The molecule has 0 saturated heterocycles. The Balaban J connectivity index is 2.08. The lowest BCUT2D eigenvalue weighted by Gasteiger charge is -2.12. The van der Waals surface area contributed by atoms with E-state index in [4.69, 9.17) is 4.98 Å². The molecule has 0 aliphatic heterocycles. The highest BCUT2D eigenvalue weighted by Crippen LogP contribution is 2.34. The maximum Gasteiger partial charge on any atom is 0.263 e. The highest BCUT2D eigenvalue weighted by Gasteiger charge is 2.21. The van der Waals surface area contributed by atoms with Gasteiger partial charge in [0.15, 0.2) is 5.16 Å². The molecule has 0 spiro atoms. The van der Waals surface area contributed by atoms with Crippen molar-refractivity contribution in [2.75, 3.05) is 19.8 Å². The summed E-state index contributed by atoms with van der Waals surface area (Å²) in [5.74, 6) is 0.277. The number of rotatable bonds is 5. The lowest BCUT2D eigenvalue weighted by molar-refractivity contribution is -0.125. The molecule has 0 aromatic carbocycles. The molecule has 1 aliphatic rings. The van der Waals surface area contributed by atoms with Gasteiger partial charge >= 0.3 is 0 Å². The van der Waals surface area contributed by atoms with Crippen molar-refractivity contribution in [3.8, 4) is 0 Å². The Kier molecular flexibility index (Phi) is 5.64. The molecule has 7 heteroatoms. The van der Waals surface area contributed by atoms with Crippen molar-refractivity contribution in [2.45, 2.75) is 43.8 Å². The molecule has 25 heavy (non-hydrogen) atoms. The van der Waals surface area contributed by atoms with Gasteiger partial charge in [-0.05, 0) is 31.2 Å². The summed E-state index contributed by atoms with van der Waals surface area (Å²) in [5, 5.41) is 1.39. The molecule has 1 amide bonds. The molecule has 0 atom stereocenters. The molecule has 0 fully saturated rings. The van der Waals surface area contributed by atoms with Crippen molar-refractivity contribution in [1.29, 1.82) is 0 Å². The zero-order valence-corrected chi connectivity index (χ0v) is 16.3. The van der Waals surface area contributed by atoms with E-state index >= 15 is 0 Å². The maximum atomic E-state index is 13.1. The van der Waals surface area contributed by atoms with Gasteiger partial charge in [0.2, 0.25) is 5.91 Å². The van der Waals surface area contributed by atoms with Gasteiger partial charge in [-0.15, -0.1) is 17.9 Å². The minimum absolute atomic E-state index is 0.00380. The third kappa shape index (κ3) is 3.67. The number of hydrogen-bond donors (Lipinski definition) is 0. The number of thioether (sulfide) groups is 1. The van der Waals surface area contributed by atoms with Crippen molar-refractivity contribution in [1.82, 2.24) is 14.5 Å². The van der Waals surface area contributed by atoms with Crippen LogP contribution in [0, 0.1) is 0 Å². The first kappa shape index (κ1) is 18.2. The number of nitrogens with zero attached hydrogens (tertiary/aromatic N) is 3. The van der Waals surface area contributed by atoms with Crippen molar-refractivity contribution >= 4 is 39.2 Å². The highest BCUT2D eigenvalue weighted by atomic mass is 32.2. The van der Waals surface area contributed by atoms with E-state index in [1.54, 1.807) is 41.0 Å². The zero-order chi connectivity index (χ0) is 18.0. The van der Waals surface area contributed by atoms with Crippen LogP contribution in [0.3, 0.4) is 0 Å². The molecule has 5 nitrogen and oxygen atoms in total. The summed E-state index contributed by atoms with van der Waals surface area (Å²) in [4.78, 5) is 33.5. The molecule has 3 rings (SSSR count). The van der Waals surface area contributed by atoms with E-state index in [1.807, 2.05) is 0 Å². The molecule has 0 unspecified atom stereocenters. The SMILES string of the molecule is C=CCn1c(SCC(=O)N(C)C)nc2sc3c(c2c1=O)CCCCC3. The monoisotopic (exact) mass is 377 g/mol. The van der Waals surface area contributed by atoms with E-state index in [0.29, 0.717) is 11.7 Å². The number of thiophene rings is 1. The summed E-state index contributed by atoms with van der Waals surface area (Å²) < 4.78 is 1.65. The second-order valence-electron chi connectivity index (χ2n) is 6.42. The molecule has 134 valence electrons. The lowest BCUT2D eigenvalue weighted by Crippen LogP contribution is -2.26. The number of carbonyl (C=O) groups excluding carboxylic acids is 1. The summed E-state index contributed by atoms with van der Waals surface area (Å²) in [6.07, 6.45) is 7.24. The van der Waals surface area contributed by atoms with E-state index < -0.39 is 0 Å². The fourth-order valence-corrected chi connectivity index (χ4v) is 5.34. The van der Waals surface area contributed by atoms with E-state index in [9.17, 15) is 9.59 Å². The molecule has 1 aliphatic carbocycles. The number of amides is 1. The summed E-state index contributed by atoms with van der Waals surface area (Å²) in [6, 6.07) is 0. The van der Waals surface area contributed by atoms with Gasteiger partial charge < -0.3 is 4.90 Å². The number of fused-ring (bicyclic) bond motifs is 3. The topological polar surface area (TPSA) is 55.2 Å². The minimum Gasteiger partial charge on any atom is -0.348 e. The predicted molar refractivity (Wildman–Crippen MR) is 105 cm³/mol.